The van der Waals surface area contributed by atoms with Gasteiger partial charge in [0.25, 0.3) is 0 Å². The number of aryl methyl sites for hydroxylation is 1. The highest BCUT2D eigenvalue weighted by molar-refractivity contribution is 6.06. The van der Waals surface area contributed by atoms with Gasteiger partial charge in [-0.25, -0.2) is 9.37 Å². The maximum Gasteiger partial charge on any atom is 0.249 e. The van der Waals surface area contributed by atoms with Crippen LogP contribution >= 0.6 is 0 Å². The Morgan fingerprint density at radius 2 is 2.03 bits per heavy atom. The molecule has 2 aromatic carbocycles. The fraction of sp³-hybridized carbons (Fsp3) is 0.208. The number of amides is 1. The summed E-state index contributed by atoms with van der Waals surface area (Å²) in [6.07, 6.45) is 1.83. The van der Waals surface area contributed by atoms with Crippen molar-refractivity contribution in [3.8, 4) is 5.95 Å². The van der Waals surface area contributed by atoms with E-state index in [0.29, 0.717) is 29.3 Å². The molecule has 0 saturated carbocycles. The predicted molar refractivity (Wildman–Crippen MR) is 121 cm³/mol. The monoisotopic (exact) mass is 430 g/mol. The maximum atomic E-state index is 14.3. The largest absolute Gasteiger partial charge is 0.366 e. The van der Waals surface area contributed by atoms with Crippen molar-refractivity contribution in [1.82, 2.24) is 19.9 Å². The predicted octanol–water partition coefficient (Wildman–Crippen LogP) is 3.27. The molecule has 0 spiro atoms. The van der Waals surface area contributed by atoms with Gasteiger partial charge in [-0.05, 0) is 30.7 Å². The number of aromatic nitrogens is 3. The van der Waals surface area contributed by atoms with Crippen LogP contribution in [0, 0.1) is 12.7 Å². The molecule has 0 unspecified atom stereocenters. The van der Waals surface area contributed by atoms with Crippen molar-refractivity contribution in [2.45, 2.75) is 19.4 Å². The molecule has 1 aliphatic rings. The quantitative estimate of drug-likeness (QED) is 0.436. The summed E-state index contributed by atoms with van der Waals surface area (Å²) in [7, 11) is 0. The molecule has 32 heavy (non-hydrogen) atoms. The molecule has 3 heterocycles. The van der Waals surface area contributed by atoms with Gasteiger partial charge < -0.3 is 16.4 Å². The van der Waals surface area contributed by atoms with E-state index in [0.717, 1.165) is 41.8 Å². The number of nitrogens with one attached hydrogen (secondary N) is 2. The first-order chi connectivity index (χ1) is 15.5. The van der Waals surface area contributed by atoms with Crippen molar-refractivity contribution in [3.05, 3.63) is 82.9 Å². The summed E-state index contributed by atoms with van der Waals surface area (Å²) >= 11 is 0. The highest BCUT2D eigenvalue weighted by Crippen LogP contribution is 2.30. The van der Waals surface area contributed by atoms with Crippen molar-refractivity contribution < 1.29 is 9.18 Å². The van der Waals surface area contributed by atoms with Gasteiger partial charge in [-0.15, -0.1) is 0 Å². The molecule has 7 nitrogen and oxygen atoms in total. The molecule has 0 aliphatic carbocycles. The first-order valence-electron chi connectivity index (χ1n) is 10.5. The molecule has 5 rings (SSSR count). The first kappa shape index (κ1) is 20.1. The van der Waals surface area contributed by atoms with E-state index in [1.807, 2.05) is 31.3 Å². The second-order valence-corrected chi connectivity index (χ2v) is 8.04. The van der Waals surface area contributed by atoms with Gasteiger partial charge in [0.1, 0.15) is 11.6 Å². The molecule has 1 fully saturated rings. The van der Waals surface area contributed by atoms with Crippen molar-refractivity contribution in [2.24, 2.45) is 5.73 Å². The van der Waals surface area contributed by atoms with Gasteiger partial charge in [-0.3, -0.25) is 9.36 Å². The Balaban J connectivity index is 1.60. The summed E-state index contributed by atoms with van der Waals surface area (Å²) in [5.41, 5.74) is 9.08. The summed E-state index contributed by atoms with van der Waals surface area (Å²) in [6, 6.07) is 14.4. The number of anilines is 1. The molecule has 1 amide bonds. The molecule has 2 aromatic heterocycles. The lowest BCUT2D eigenvalue weighted by molar-refractivity contribution is 0.100. The third kappa shape index (κ3) is 3.58. The van der Waals surface area contributed by atoms with E-state index in [2.05, 4.69) is 27.8 Å². The minimum absolute atomic E-state index is 0.140. The van der Waals surface area contributed by atoms with E-state index >= 15 is 0 Å². The lowest BCUT2D eigenvalue weighted by Gasteiger charge is -2.29. The zero-order chi connectivity index (χ0) is 22.2. The fourth-order valence-corrected chi connectivity index (χ4v) is 4.09. The second kappa shape index (κ2) is 8.05. The van der Waals surface area contributed by atoms with Crippen LogP contribution in [-0.2, 0) is 6.54 Å². The molecule has 1 aliphatic heterocycles. The number of nitrogens with two attached hydrogens (primary N) is 1. The molecule has 4 N–H and O–H groups in total. The number of carbonyl (C=O) groups is 1. The van der Waals surface area contributed by atoms with Gasteiger partial charge in [-0.1, -0.05) is 30.3 Å². The van der Waals surface area contributed by atoms with E-state index in [1.54, 1.807) is 10.6 Å². The number of hydrogen-bond donors (Lipinski definition) is 3. The Kier molecular flexibility index (Phi) is 5.07. The molecule has 162 valence electrons. The van der Waals surface area contributed by atoms with Crippen LogP contribution in [0.4, 0.5) is 10.2 Å². The van der Waals surface area contributed by atoms with Gasteiger partial charge in [0, 0.05) is 48.4 Å². The van der Waals surface area contributed by atoms with Crippen molar-refractivity contribution in [1.29, 1.82) is 0 Å². The Morgan fingerprint density at radius 1 is 1.25 bits per heavy atom. The van der Waals surface area contributed by atoms with Gasteiger partial charge in [-0.2, -0.15) is 4.98 Å². The van der Waals surface area contributed by atoms with E-state index < -0.39 is 11.7 Å². The van der Waals surface area contributed by atoms with Crippen molar-refractivity contribution >= 4 is 22.6 Å². The van der Waals surface area contributed by atoms with E-state index in [1.165, 1.54) is 6.07 Å². The van der Waals surface area contributed by atoms with E-state index in [-0.39, 0.29) is 5.56 Å². The van der Waals surface area contributed by atoms with E-state index in [9.17, 15) is 9.18 Å². The zero-order valence-corrected chi connectivity index (χ0v) is 17.6. The summed E-state index contributed by atoms with van der Waals surface area (Å²) in [5, 5.41) is 7.31. The molecular weight excluding hydrogens is 407 g/mol. The van der Waals surface area contributed by atoms with Gasteiger partial charge in [0.2, 0.25) is 11.9 Å². The van der Waals surface area contributed by atoms with Gasteiger partial charge in [0.15, 0.2) is 0 Å². The molecule has 0 radical (unpaired) electrons. The van der Waals surface area contributed by atoms with Crippen LogP contribution in [0.25, 0.3) is 16.9 Å². The fourth-order valence-electron chi connectivity index (χ4n) is 4.09. The highest BCUT2D eigenvalue weighted by atomic mass is 19.1. The number of benzene rings is 2. The first-order valence-corrected chi connectivity index (χ1v) is 10.5. The Labute approximate surface area is 184 Å². The maximum absolute atomic E-state index is 14.3. The van der Waals surface area contributed by atoms with Crippen LogP contribution in [0.15, 0.2) is 54.7 Å². The Hall–Kier alpha value is -3.78. The number of rotatable bonds is 6. The highest BCUT2D eigenvalue weighted by Gasteiger charge is 2.24. The molecule has 8 heteroatoms. The molecule has 4 aromatic rings. The SMILES string of the molecule is Cc1cc2c(C(N)=O)cc(F)cc2n1-c1ncc(C2CNC2)c(NCc2ccccc2)n1. The lowest BCUT2D eigenvalue weighted by atomic mass is 9.95. The van der Waals surface area contributed by atoms with Crippen LogP contribution in [-0.4, -0.2) is 33.5 Å². The number of hydrogen-bond acceptors (Lipinski definition) is 5. The summed E-state index contributed by atoms with van der Waals surface area (Å²) < 4.78 is 16.0. The molecule has 1 saturated heterocycles. The lowest BCUT2D eigenvalue weighted by Crippen LogP contribution is -2.40. The normalized spacial score (nSPS) is 13.8. The minimum atomic E-state index is -0.675. The van der Waals surface area contributed by atoms with E-state index in [4.69, 9.17) is 10.7 Å². The van der Waals surface area contributed by atoms with Crippen LogP contribution in [0.1, 0.15) is 33.1 Å². The Bertz CT molecular complexity index is 1310. The third-order valence-corrected chi connectivity index (χ3v) is 5.86. The number of fused-ring (bicyclic) bond motifs is 1. The number of nitrogens with zero attached hydrogens (tertiary/aromatic N) is 3. The number of primary amides is 1. The average molecular weight is 430 g/mol. The van der Waals surface area contributed by atoms with Crippen LogP contribution in [0.3, 0.4) is 0 Å². The van der Waals surface area contributed by atoms with Crippen molar-refractivity contribution in [2.75, 3.05) is 18.4 Å². The van der Waals surface area contributed by atoms with Crippen LogP contribution in [0.5, 0.6) is 0 Å². The molecule has 0 bridgehead atoms. The third-order valence-electron chi connectivity index (χ3n) is 5.86. The zero-order valence-electron chi connectivity index (χ0n) is 17.6. The second-order valence-electron chi connectivity index (χ2n) is 8.04. The van der Waals surface area contributed by atoms with Crippen molar-refractivity contribution in [3.63, 3.8) is 0 Å². The number of halogens is 1. The number of carbonyl (C=O) groups excluding carboxylic acids is 1. The summed E-state index contributed by atoms with van der Waals surface area (Å²) in [5.74, 6) is 0.280. The standard InChI is InChI=1S/C24H23FN6O/c1-14-7-18-19(22(26)32)8-17(25)9-21(18)31(14)24-29-13-20(16-11-27-12-16)23(30-24)28-10-15-5-3-2-4-6-15/h2-9,13,16,27H,10-12H2,1H3,(H2,26,32)(H,28,29,30). The summed E-state index contributed by atoms with van der Waals surface area (Å²) in [6.45, 7) is 4.24. The van der Waals surface area contributed by atoms with Gasteiger partial charge >= 0.3 is 0 Å². The molecule has 0 atom stereocenters. The van der Waals surface area contributed by atoms with Crippen LogP contribution < -0.4 is 16.4 Å². The van der Waals surface area contributed by atoms with Gasteiger partial charge in [0.05, 0.1) is 11.1 Å². The Morgan fingerprint density at radius 3 is 2.72 bits per heavy atom. The molecular formula is C24H23FN6O. The van der Waals surface area contributed by atoms with Crippen LogP contribution in [0.2, 0.25) is 0 Å². The average Bonchev–Trinajstić information content (AvgIpc) is 3.07. The summed E-state index contributed by atoms with van der Waals surface area (Å²) in [4.78, 5) is 21.3. The smallest absolute Gasteiger partial charge is 0.249 e. The minimum Gasteiger partial charge on any atom is -0.366 e. The topological polar surface area (TPSA) is 97.9 Å².